The first kappa shape index (κ1) is 35.6. The lowest BCUT2D eigenvalue weighted by Gasteiger charge is -2.11. The minimum atomic E-state index is -1.28. The third-order valence-electron chi connectivity index (χ3n) is 6.79. The number of Topliss-reactive ketones (excluding diaryl/α,β-unsaturated/α-hetero) is 2. The second-order valence-electron chi connectivity index (χ2n) is 9.87. The highest BCUT2D eigenvalue weighted by atomic mass is 79.9. The molecule has 6 nitrogen and oxygen atoms in total. The largest absolute Gasteiger partial charge is 0.497 e. The molecule has 4 rings (SSSR count). The van der Waals surface area contributed by atoms with Gasteiger partial charge >= 0.3 is 0 Å². The van der Waals surface area contributed by atoms with Crippen molar-refractivity contribution in [1.82, 2.24) is 0 Å². The van der Waals surface area contributed by atoms with Gasteiger partial charge in [-0.05, 0) is 123 Å². The molecule has 0 amide bonds. The molecule has 232 valence electrons. The summed E-state index contributed by atoms with van der Waals surface area (Å²) < 4.78 is 35.6. The third-order valence-corrected chi connectivity index (χ3v) is 10.5. The number of rotatable bonds is 10. The number of hydrogen-bond acceptors (Lipinski definition) is 6. The average molecular weight is 763 g/mol. The molecule has 0 saturated heterocycles. The van der Waals surface area contributed by atoms with Crippen molar-refractivity contribution in [3.05, 3.63) is 106 Å². The molecule has 0 aliphatic carbocycles. The molecule has 4 aromatic carbocycles. The van der Waals surface area contributed by atoms with E-state index in [9.17, 15) is 18.0 Å². The van der Waals surface area contributed by atoms with Crippen molar-refractivity contribution in [3.8, 4) is 11.5 Å². The van der Waals surface area contributed by atoms with Crippen LogP contribution in [-0.2, 0) is 21.6 Å². The first-order valence-electron chi connectivity index (χ1n) is 13.5. The highest BCUT2D eigenvalue weighted by Gasteiger charge is 2.17. The fourth-order valence-electron chi connectivity index (χ4n) is 4.75. The molecule has 0 aliphatic rings. The molecule has 0 heterocycles. The topological polar surface area (TPSA) is 86.7 Å². The van der Waals surface area contributed by atoms with Gasteiger partial charge in [0.25, 0.3) is 0 Å². The fourth-order valence-corrected chi connectivity index (χ4v) is 7.75. The minimum absolute atomic E-state index is 0.0387. The summed E-state index contributed by atoms with van der Waals surface area (Å²) in [7, 11) is 0.632. The van der Waals surface area contributed by atoms with Crippen molar-refractivity contribution in [2.75, 3.05) is 24.9 Å². The summed E-state index contributed by atoms with van der Waals surface area (Å²) in [6.45, 7) is 7.49. The molecule has 0 fully saturated rings. The molecule has 10 heteroatoms. The van der Waals surface area contributed by atoms with Crippen LogP contribution in [0.15, 0.2) is 92.4 Å². The van der Waals surface area contributed by atoms with Gasteiger partial charge in [-0.1, -0.05) is 31.9 Å². The number of ketones is 2. The van der Waals surface area contributed by atoms with E-state index in [0.29, 0.717) is 30.7 Å². The molecule has 0 N–H and O–H groups in total. The normalized spacial score (nSPS) is 12.0. The summed E-state index contributed by atoms with van der Waals surface area (Å²) in [6.07, 6.45) is 0. The van der Waals surface area contributed by atoms with Crippen LogP contribution in [0.2, 0.25) is 0 Å². The number of carbonyl (C=O) groups excluding carboxylic acids is 2. The predicted molar refractivity (Wildman–Crippen MR) is 183 cm³/mol. The monoisotopic (exact) mass is 760 g/mol. The van der Waals surface area contributed by atoms with Crippen LogP contribution in [-0.4, -0.2) is 44.9 Å². The van der Waals surface area contributed by atoms with E-state index in [1.54, 1.807) is 62.8 Å². The van der Waals surface area contributed by atoms with Crippen LogP contribution in [0.3, 0.4) is 0 Å². The van der Waals surface area contributed by atoms with Gasteiger partial charge in [0.05, 0.1) is 46.5 Å². The Kier molecular flexibility index (Phi) is 13.3. The van der Waals surface area contributed by atoms with Crippen molar-refractivity contribution in [2.45, 2.75) is 47.3 Å². The van der Waals surface area contributed by atoms with Crippen LogP contribution in [0.1, 0.15) is 43.0 Å². The van der Waals surface area contributed by atoms with E-state index in [4.69, 9.17) is 9.47 Å². The summed E-state index contributed by atoms with van der Waals surface area (Å²) in [5.41, 5.74) is 4.80. The van der Waals surface area contributed by atoms with E-state index in [0.717, 1.165) is 33.8 Å². The van der Waals surface area contributed by atoms with Crippen molar-refractivity contribution in [1.29, 1.82) is 0 Å². The predicted octanol–water partition coefficient (Wildman–Crippen LogP) is 8.11. The number of hydrogen-bond donors (Lipinski definition) is 0. The number of carbonyl (C=O) groups is 2. The third kappa shape index (κ3) is 8.62. The molecule has 0 spiro atoms. The van der Waals surface area contributed by atoms with Crippen molar-refractivity contribution in [2.24, 2.45) is 0 Å². The number of methoxy groups -OCH3 is 2. The lowest BCUT2D eigenvalue weighted by atomic mass is 10.00. The summed E-state index contributed by atoms with van der Waals surface area (Å²) in [5, 5.41) is 0.575. The summed E-state index contributed by atoms with van der Waals surface area (Å²) in [6, 6.07) is 21.6. The molecule has 0 aliphatic heterocycles. The Hall–Kier alpha value is -2.92. The first-order valence-corrected chi connectivity index (χ1v) is 18.0. The van der Waals surface area contributed by atoms with Crippen molar-refractivity contribution in [3.63, 3.8) is 0 Å². The van der Waals surface area contributed by atoms with E-state index in [1.807, 2.05) is 52.0 Å². The summed E-state index contributed by atoms with van der Waals surface area (Å²) in [4.78, 5) is 26.7. The van der Waals surface area contributed by atoms with E-state index >= 15 is 0 Å². The Morgan fingerprint density at radius 3 is 1.05 bits per heavy atom. The summed E-state index contributed by atoms with van der Waals surface area (Å²) in [5.74, 6) is 1.53. The molecule has 0 aromatic heterocycles. The number of benzene rings is 4. The van der Waals surface area contributed by atoms with E-state index < -0.39 is 21.6 Å². The SMILES string of the molecule is COc1ccc(S(=O)c2cc(C)c(C(=O)CBr)c(C)c2)cc1.COc1ccc(S(=O)c2cc(C)c(C(=O)CBr)c(C)c2)cc1. The number of ether oxygens (including phenoxy) is 2. The van der Waals surface area contributed by atoms with Crippen LogP contribution in [0, 0.1) is 27.7 Å². The zero-order chi connectivity index (χ0) is 32.6. The van der Waals surface area contributed by atoms with Crippen LogP contribution < -0.4 is 9.47 Å². The zero-order valence-electron chi connectivity index (χ0n) is 25.4. The molecule has 4 aromatic rings. The van der Waals surface area contributed by atoms with Crippen LogP contribution in [0.4, 0.5) is 0 Å². The molecular weight excluding hydrogens is 728 g/mol. The maximum atomic E-state index is 12.7. The Morgan fingerprint density at radius 1 is 0.545 bits per heavy atom. The van der Waals surface area contributed by atoms with Gasteiger partial charge in [0.2, 0.25) is 0 Å². The Labute approximate surface area is 280 Å². The number of aryl methyl sites for hydroxylation is 4. The fraction of sp³-hybridized carbons (Fsp3) is 0.235. The van der Waals surface area contributed by atoms with Gasteiger partial charge in [-0.3, -0.25) is 9.59 Å². The minimum Gasteiger partial charge on any atom is -0.497 e. The van der Waals surface area contributed by atoms with Gasteiger partial charge in [0, 0.05) is 30.7 Å². The highest BCUT2D eigenvalue weighted by molar-refractivity contribution is 9.09. The van der Waals surface area contributed by atoms with Gasteiger partial charge in [0.1, 0.15) is 11.5 Å². The van der Waals surface area contributed by atoms with Crippen LogP contribution in [0.5, 0.6) is 11.5 Å². The molecular formula is C34H34Br2O6S2. The standard InChI is InChI=1S/2C17H17BrO3S/c2*1-11-8-15(9-12(2)17(11)16(19)10-18)22(20)14-6-4-13(21-3)5-7-14/h2*4-9H,10H2,1-3H3. The molecule has 0 saturated carbocycles. The Balaban J connectivity index is 0.000000240. The Bertz CT molecular complexity index is 1530. The second-order valence-corrected chi connectivity index (χ2v) is 13.9. The van der Waals surface area contributed by atoms with Gasteiger partial charge in [-0.25, -0.2) is 8.42 Å². The molecule has 44 heavy (non-hydrogen) atoms. The lowest BCUT2D eigenvalue weighted by molar-refractivity contribution is 0.101. The smallest absolute Gasteiger partial charge is 0.173 e. The number of alkyl halides is 2. The molecule has 0 bridgehead atoms. The van der Waals surface area contributed by atoms with E-state index in [1.165, 1.54) is 0 Å². The maximum absolute atomic E-state index is 12.7. The van der Waals surface area contributed by atoms with Gasteiger partial charge in [-0.15, -0.1) is 0 Å². The van der Waals surface area contributed by atoms with Crippen molar-refractivity contribution < 1.29 is 27.5 Å². The maximum Gasteiger partial charge on any atom is 0.173 e. The summed E-state index contributed by atoms with van der Waals surface area (Å²) >= 11 is 6.39. The van der Waals surface area contributed by atoms with Gasteiger partial charge in [-0.2, -0.15) is 0 Å². The molecule has 2 atom stereocenters. The zero-order valence-corrected chi connectivity index (χ0v) is 30.2. The van der Waals surface area contributed by atoms with Gasteiger partial charge in [0.15, 0.2) is 11.6 Å². The van der Waals surface area contributed by atoms with Crippen LogP contribution >= 0.6 is 31.9 Å². The second kappa shape index (κ2) is 16.4. The van der Waals surface area contributed by atoms with Crippen molar-refractivity contribution >= 4 is 65.0 Å². The molecule has 2 unspecified atom stereocenters. The van der Waals surface area contributed by atoms with E-state index in [-0.39, 0.29) is 22.2 Å². The first-order chi connectivity index (χ1) is 20.9. The molecule has 0 radical (unpaired) electrons. The Morgan fingerprint density at radius 2 is 0.818 bits per heavy atom. The van der Waals surface area contributed by atoms with E-state index in [2.05, 4.69) is 31.9 Å². The quantitative estimate of drug-likeness (QED) is 0.120. The van der Waals surface area contributed by atoms with Gasteiger partial charge < -0.3 is 9.47 Å². The lowest BCUT2D eigenvalue weighted by Crippen LogP contribution is -2.07. The highest BCUT2D eigenvalue weighted by Crippen LogP contribution is 2.26. The number of halogens is 2. The van der Waals surface area contributed by atoms with Crippen LogP contribution in [0.25, 0.3) is 0 Å². The average Bonchev–Trinajstić information content (AvgIpc) is 3.03.